The van der Waals surface area contributed by atoms with Gasteiger partial charge in [-0.15, -0.1) is 0 Å². The van der Waals surface area contributed by atoms with Gasteiger partial charge >= 0.3 is 0 Å². The van der Waals surface area contributed by atoms with Gasteiger partial charge in [0, 0.05) is 37.7 Å². The van der Waals surface area contributed by atoms with Crippen LogP contribution in [0.25, 0.3) is 0 Å². The van der Waals surface area contributed by atoms with Crippen molar-refractivity contribution in [2.75, 3.05) is 19.6 Å². The molecule has 1 amide bonds. The Hall–Kier alpha value is -2.53. The van der Waals surface area contributed by atoms with E-state index in [2.05, 4.69) is 35.2 Å². The van der Waals surface area contributed by atoms with E-state index < -0.39 is 5.72 Å². The van der Waals surface area contributed by atoms with E-state index in [4.69, 9.17) is 4.74 Å². The minimum absolute atomic E-state index is 0.187. The summed E-state index contributed by atoms with van der Waals surface area (Å²) in [7, 11) is 0. The van der Waals surface area contributed by atoms with Crippen LogP contribution in [-0.2, 0) is 17.6 Å². The summed E-state index contributed by atoms with van der Waals surface area (Å²) in [5.74, 6) is 1.21. The number of fused-ring (bicyclic) bond motifs is 1. The number of phenols is 1. The number of piperidine rings is 1. The van der Waals surface area contributed by atoms with Gasteiger partial charge in [0.05, 0.1) is 0 Å². The second-order valence-electron chi connectivity index (χ2n) is 9.63. The molecular formula is C27H36N2O3. The largest absolute Gasteiger partial charge is 0.507 e. The molecule has 2 aliphatic rings. The highest BCUT2D eigenvalue weighted by Gasteiger charge is 2.42. The molecule has 1 fully saturated rings. The van der Waals surface area contributed by atoms with Gasteiger partial charge in [0.2, 0.25) is 6.41 Å². The Balaban J connectivity index is 1.43. The molecule has 1 atom stereocenters. The molecule has 32 heavy (non-hydrogen) atoms. The number of hydrogen-bond donors (Lipinski definition) is 1. The number of aromatic hydroxyl groups is 1. The Morgan fingerprint density at radius 1 is 1.12 bits per heavy atom. The van der Waals surface area contributed by atoms with E-state index in [0.29, 0.717) is 5.75 Å². The van der Waals surface area contributed by atoms with Gasteiger partial charge in [0.25, 0.3) is 0 Å². The second-order valence-corrected chi connectivity index (χ2v) is 9.63. The Bertz CT molecular complexity index is 967. The number of phenolic OH excluding ortho intramolecular Hbond substituents is 1. The van der Waals surface area contributed by atoms with Crippen molar-refractivity contribution in [1.29, 1.82) is 0 Å². The van der Waals surface area contributed by atoms with Crippen LogP contribution in [0.2, 0.25) is 0 Å². The molecule has 5 nitrogen and oxygen atoms in total. The molecule has 0 bridgehead atoms. The molecule has 172 valence electrons. The lowest BCUT2D eigenvalue weighted by molar-refractivity contribution is -0.150. The van der Waals surface area contributed by atoms with E-state index in [9.17, 15) is 9.90 Å². The van der Waals surface area contributed by atoms with E-state index in [1.54, 1.807) is 0 Å². The summed E-state index contributed by atoms with van der Waals surface area (Å²) < 4.78 is 6.58. The molecule has 0 aromatic heterocycles. The first kappa shape index (κ1) is 22.7. The van der Waals surface area contributed by atoms with Gasteiger partial charge in [0.15, 0.2) is 5.72 Å². The molecule has 5 heteroatoms. The smallest absolute Gasteiger partial charge is 0.213 e. The van der Waals surface area contributed by atoms with Gasteiger partial charge in [-0.1, -0.05) is 30.3 Å². The number of ether oxygens (including phenoxy) is 1. The molecule has 4 rings (SSSR count). The number of hydrogen-bond acceptors (Lipinski definition) is 4. The fourth-order valence-corrected chi connectivity index (χ4v) is 5.35. The van der Waals surface area contributed by atoms with E-state index in [1.807, 2.05) is 32.6 Å². The number of rotatable bonds is 6. The van der Waals surface area contributed by atoms with E-state index in [-0.39, 0.29) is 6.04 Å². The maximum absolute atomic E-state index is 12.3. The Morgan fingerprint density at radius 2 is 1.81 bits per heavy atom. The zero-order chi connectivity index (χ0) is 22.9. The minimum atomic E-state index is -0.660. The Labute approximate surface area is 192 Å². The van der Waals surface area contributed by atoms with Crippen LogP contribution in [0.1, 0.15) is 54.0 Å². The number of amides is 1. The molecule has 2 aromatic carbocycles. The third-order valence-corrected chi connectivity index (χ3v) is 7.67. The first-order valence-electron chi connectivity index (χ1n) is 11.8. The summed E-state index contributed by atoms with van der Waals surface area (Å²) in [6.45, 7) is 11.0. The maximum atomic E-state index is 12.3. The van der Waals surface area contributed by atoms with E-state index >= 15 is 0 Å². The SMILES string of the molecule is Cc1c(C)c2c(c(C)c1O)CCC(C)(N(C=O)C1CCN(CCc3ccccc3)CC1)O2. The number of carbonyl (C=O) groups is 1. The first-order valence-corrected chi connectivity index (χ1v) is 11.8. The van der Waals surface area contributed by atoms with Gasteiger partial charge in [-0.2, -0.15) is 0 Å². The number of likely N-dealkylation sites (tertiary alicyclic amines) is 1. The van der Waals surface area contributed by atoms with Crippen molar-refractivity contribution in [2.45, 2.75) is 71.6 Å². The first-order chi connectivity index (χ1) is 15.3. The molecule has 0 radical (unpaired) electrons. The zero-order valence-corrected chi connectivity index (χ0v) is 19.9. The molecule has 0 aliphatic carbocycles. The number of benzene rings is 2. The fourth-order valence-electron chi connectivity index (χ4n) is 5.35. The molecule has 2 aromatic rings. The Kier molecular flexibility index (Phi) is 6.47. The molecular weight excluding hydrogens is 400 g/mol. The summed E-state index contributed by atoms with van der Waals surface area (Å²) in [6, 6.07) is 10.8. The lowest BCUT2D eigenvalue weighted by atomic mass is 9.88. The van der Waals surface area contributed by atoms with Gasteiger partial charge in [-0.25, -0.2) is 0 Å². The standard InChI is InChI=1S/C27H36N2O3/c1-19-20(2)26-24(21(3)25(19)31)10-14-27(4,32-26)29(18-30)23-12-16-28(17-13-23)15-11-22-8-6-5-7-9-22/h5-9,18,23,31H,10-17H2,1-4H3. The van der Waals surface area contributed by atoms with E-state index in [0.717, 1.165) is 86.2 Å². The predicted octanol–water partition coefficient (Wildman–Crippen LogP) is 4.52. The van der Waals surface area contributed by atoms with Gasteiger partial charge in [-0.05, 0) is 75.6 Å². The monoisotopic (exact) mass is 436 g/mol. The molecule has 0 saturated carbocycles. The molecule has 0 spiro atoms. The average Bonchev–Trinajstić information content (AvgIpc) is 2.82. The number of carbonyl (C=O) groups excluding carboxylic acids is 1. The van der Waals surface area contributed by atoms with Gasteiger partial charge in [0.1, 0.15) is 11.5 Å². The van der Waals surface area contributed by atoms with Crippen molar-refractivity contribution in [3.8, 4) is 11.5 Å². The lowest BCUT2D eigenvalue weighted by Crippen LogP contribution is -2.58. The highest BCUT2D eigenvalue weighted by molar-refractivity contribution is 5.59. The molecule has 1 unspecified atom stereocenters. The van der Waals surface area contributed by atoms with Crippen LogP contribution in [0.4, 0.5) is 0 Å². The van der Waals surface area contributed by atoms with Crippen molar-refractivity contribution in [2.24, 2.45) is 0 Å². The average molecular weight is 437 g/mol. The van der Waals surface area contributed by atoms with Crippen LogP contribution < -0.4 is 4.74 Å². The lowest BCUT2D eigenvalue weighted by Gasteiger charge is -2.48. The van der Waals surface area contributed by atoms with Crippen molar-refractivity contribution < 1.29 is 14.6 Å². The zero-order valence-electron chi connectivity index (χ0n) is 19.9. The summed E-state index contributed by atoms with van der Waals surface area (Å²) in [5.41, 5.74) is 4.51. The second kappa shape index (κ2) is 9.14. The maximum Gasteiger partial charge on any atom is 0.213 e. The molecule has 1 N–H and O–H groups in total. The fraction of sp³-hybridized carbons (Fsp3) is 0.519. The highest BCUT2D eigenvalue weighted by atomic mass is 16.5. The third kappa shape index (κ3) is 4.23. The van der Waals surface area contributed by atoms with Crippen LogP contribution in [-0.4, -0.2) is 52.7 Å². The van der Waals surface area contributed by atoms with Crippen LogP contribution in [0, 0.1) is 20.8 Å². The summed E-state index contributed by atoms with van der Waals surface area (Å²) >= 11 is 0. The van der Waals surface area contributed by atoms with Gasteiger partial charge < -0.3 is 19.6 Å². The minimum Gasteiger partial charge on any atom is -0.507 e. The summed E-state index contributed by atoms with van der Waals surface area (Å²) in [6.07, 6.45) is 5.51. The van der Waals surface area contributed by atoms with Crippen molar-refractivity contribution in [3.05, 3.63) is 58.1 Å². The van der Waals surface area contributed by atoms with Crippen LogP contribution in [0.5, 0.6) is 11.5 Å². The third-order valence-electron chi connectivity index (χ3n) is 7.67. The predicted molar refractivity (Wildman–Crippen MR) is 127 cm³/mol. The summed E-state index contributed by atoms with van der Waals surface area (Å²) in [4.78, 5) is 16.7. The van der Waals surface area contributed by atoms with Crippen LogP contribution >= 0.6 is 0 Å². The Morgan fingerprint density at radius 3 is 2.47 bits per heavy atom. The van der Waals surface area contributed by atoms with Crippen LogP contribution in [0.3, 0.4) is 0 Å². The van der Waals surface area contributed by atoms with Crippen LogP contribution in [0.15, 0.2) is 30.3 Å². The topological polar surface area (TPSA) is 53.0 Å². The molecule has 2 aliphatic heterocycles. The van der Waals surface area contributed by atoms with Crippen molar-refractivity contribution >= 4 is 6.41 Å². The van der Waals surface area contributed by atoms with Crippen molar-refractivity contribution in [1.82, 2.24) is 9.80 Å². The van der Waals surface area contributed by atoms with Gasteiger partial charge in [-0.3, -0.25) is 4.79 Å². The quantitative estimate of drug-likeness (QED) is 0.677. The molecule has 2 heterocycles. The summed E-state index contributed by atoms with van der Waals surface area (Å²) in [5, 5.41) is 10.4. The molecule has 1 saturated heterocycles. The van der Waals surface area contributed by atoms with Crippen molar-refractivity contribution in [3.63, 3.8) is 0 Å². The number of nitrogens with zero attached hydrogens (tertiary/aromatic N) is 2. The normalized spacial score (nSPS) is 21.6. The highest BCUT2D eigenvalue weighted by Crippen LogP contribution is 2.44. The van der Waals surface area contributed by atoms with E-state index in [1.165, 1.54) is 5.56 Å².